The minimum atomic E-state index is -0.114. The van der Waals surface area contributed by atoms with Crippen molar-refractivity contribution in [3.8, 4) is 0 Å². The molecule has 1 fully saturated rings. The van der Waals surface area contributed by atoms with Crippen molar-refractivity contribution in [2.75, 3.05) is 7.11 Å². The molecule has 1 saturated heterocycles. The van der Waals surface area contributed by atoms with Crippen LogP contribution in [0, 0.1) is 12.8 Å². The van der Waals surface area contributed by atoms with Crippen LogP contribution in [0.1, 0.15) is 43.1 Å². The van der Waals surface area contributed by atoms with Crippen LogP contribution < -0.4 is 0 Å². The van der Waals surface area contributed by atoms with Crippen molar-refractivity contribution < 1.29 is 18.7 Å². The van der Waals surface area contributed by atoms with E-state index in [9.17, 15) is 4.79 Å². The molecule has 3 atom stereocenters. The van der Waals surface area contributed by atoms with E-state index >= 15 is 0 Å². The zero-order valence-electron chi connectivity index (χ0n) is 12.4. The number of ether oxygens (including phenoxy) is 2. The van der Waals surface area contributed by atoms with Gasteiger partial charge in [-0.25, -0.2) is 0 Å². The van der Waals surface area contributed by atoms with Crippen molar-refractivity contribution in [1.82, 2.24) is 0 Å². The van der Waals surface area contributed by atoms with Gasteiger partial charge in [0.25, 0.3) is 0 Å². The molecule has 0 N–H and O–H groups in total. The number of methoxy groups -OCH3 is 1. The topological polar surface area (TPSA) is 52.0 Å². The van der Waals surface area contributed by atoms with E-state index in [1.54, 1.807) is 0 Å². The Morgan fingerprint density at radius 3 is 2.95 bits per heavy atom. The van der Waals surface area contributed by atoms with Crippen molar-refractivity contribution in [2.24, 2.45) is 5.92 Å². The smallest absolute Gasteiger partial charge is 0.308 e. The Morgan fingerprint density at radius 1 is 1.40 bits per heavy atom. The summed E-state index contributed by atoms with van der Waals surface area (Å²) < 4.78 is 16.5. The van der Waals surface area contributed by atoms with Crippen LogP contribution in [-0.2, 0) is 27.1 Å². The summed E-state index contributed by atoms with van der Waals surface area (Å²) in [6, 6.07) is 0. The third-order valence-electron chi connectivity index (χ3n) is 4.79. The van der Waals surface area contributed by atoms with Gasteiger partial charge in [-0.1, -0.05) is 0 Å². The number of rotatable bonds is 1. The monoisotopic (exact) mass is 278 g/mol. The van der Waals surface area contributed by atoms with E-state index < -0.39 is 0 Å². The third kappa shape index (κ3) is 2.37. The van der Waals surface area contributed by atoms with Gasteiger partial charge in [-0.05, 0) is 50.7 Å². The molecule has 0 bridgehead atoms. The molecule has 1 aromatic heterocycles. The molecule has 4 nitrogen and oxygen atoms in total. The Balaban J connectivity index is 1.86. The molecule has 1 aliphatic carbocycles. The van der Waals surface area contributed by atoms with E-state index in [1.165, 1.54) is 18.2 Å². The Morgan fingerprint density at radius 2 is 2.20 bits per heavy atom. The van der Waals surface area contributed by atoms with Crippen molar-refractivity contribution in [3.63, 3.8) is 0 Å². The van der Waals surface area contributed by atoms with Gasteiger partial charge in [0.05, 0.1) is 31.0 Å². The molecule has 1 aliphatic heterocycles. The van der Waals surface area contributed by atoms with Crippen LogP contribution in [0.25, 0.3) is 0 Å². The molecule has 0 amide bonds. The van der Waals surface area contributed by atoms with Gasteiger partial charge in [0.2, 0.25) is 0 Å². The van der Waals surface area contributed by atoms with Crippen LogP contribution in [0.5, 0.6) is 0 Å². The maximum Gasteiger partial charge on any atom is 0.308 e. The minimum Gasteiger partial charge on any atom is -0.469 e. The van der Waals surface area contributed by atoms with E-state index in [4.69, 9.17) is 13.9 Å². The van der Waals surface area contributed by atoms with Crippen LogP contribution >= 0.6 is 0 Å². The van der Waals surface area contributed by atoms with Crippen LogP contribution in [0.3, 0.4) is 0 Å². The SMILES string of the molecule is COC(=O)C1CCc2c(C)coc2CC2(C)OC2CC1. The van der Waals surface area contributed by atoms with E-state index in [0.29, 0.717) is 0 Å². The maximum absolute atomic E-state index is 11.9. The molecule has 110 valence electrons. The second-order valence-electron chi connectivity index (χ2n) is 6.25. The quantitative estimate of drug-likeness (QED) is 0.585. The van der Waals surface area contributed by atoms with Gasteiger partial charge in [0.15, 0.2) is 0 Å². The van der Waals surface area contributed by atoms with E-state index in [1.807, 2.05) is 6.26 Å². The predicted molar refractivity (Wildman–Crippen MR) is 73.5 cm³/mol. The first-order valence-corrected chi connectivity index (χ1v) is 7.35. The van der Waals surface area contributed by atoms with Crippen molar-refractivity contribution in [2.45, 2.75) is 57.7 Å². The normalized spacial score (nSPS) is 33.0. The highest BCUT2D eigenvalue weighted by Gasteiger charge is 2.53. The van der Waals surface area contributed by atoms with Gasteiger partial charge in [0, 0.05) is 6.42 Å². The molecule has 3 rings (SSSR count). The summed E-state index contributed by atoms with van der Waals surface area (Å²) in [5.74, 6) is 0.891. The van der Waals surface area contributed by atoms with Crippen LogP contribution in [0.15, 0.2) is 10.7 Å². The van der Waals surface area contributed by atoms with Crippen LogP contribution in [0.2, 0.25) is 0 Å². The number of hydrogen-bond donors (Lipinski definition) is 0. The fourth-order valence-electron chi connectivity index (χ4n) is 3.35. The molecule has 0 saturated carbocycles. The first kappa shape index (κ1) is 13.7. The van der Waals surface area contributed by atoms with Crippen molar-refractivity contribution in [3.05, 3.63) is 23.2 Å². The van der Waals surface area contributed by atoms with Gasteiger partial charge in [-0.2, -0.15) is 0 Å². The molecule has 4 heteroatoms. The zero-order valence-corrected chi connectivity index (χ0v) is 12.4. The van der Waals surface area contributed by atoms with Crippen molar-refractivity contribution in [1.29, 1.82) is 0 Å². The Kier molecular flexibility index (Phi) is 3.36. The zero-order chi connectivity index (χ0) is 14.3. The number of esters is 1. The molecule has 0 spiro atoms. The number of fused-ring (bicyclic) bond motifs is 2. The molecule has 3 unspecified atom stereocenters. The van der Waals surface area contributed by atoms with Gasteiger partial charge in [-0.3, -0.25) is 4.79 Å². The molecule has 2 aliphatic rings. The Bertz CT molecular complexity index is 519. The van der Waals surface area contributed by atoms with Gasteiger partial charge < -0.3 is 13.9 Å². The third-order valence-corrected chi connectivity index (χ3v) is 4.79. The first-order valence-electron chi connectivity index (χ1n) is 7.35. The summed E-state index contributed by atoms with van der Waals surface area (Å²) in [6.45, 7) is 4.20. The summed E-state index contributed by atoms with van der Waals surface area (Å²) in [5.41, 5.74) is 2.30. The summed E-state index contributed by atoms with van der Waals surface area (Å²) in [4.78, 5) is 11.9. The van der Waals surface area contributed by atoms with Gasteiger partial charge in [0.1, 0.15) is 5.76 Å². The predicted octanol–water partition coefficient (Wildman–Crippen LogP) is 2.80. The second-order valence-corrected chi connectivity index (χ2v) is 6.25. The first-order chi connectivity index (χ1) is 9.53. The average Bonchev–Trinajstić information content (AvgIpc) is 2.95. The average molecular weight is 278 g/mol. The maximum atomic E-state index is 11.9. The molecule has 1 aromatic rings. The highest BCUT2D eigenvalue weighted by atomic mass is 16.6. The molecular formula is C16H22O4. The second kappa shape index (κ2) is 4.92. The number of carbonyl (C=O) groups is 1. The standard InChI is InChI=1S/C16H22O4/c1-10-9-19-13-8-16(2)14(20-16)7-5-11(15(17)18-3)4-6-12(10)13/h9,11,14H,4-8H2,1-3H3. The highest BCUT2D eigenvalue weighted by Crippen LogP contribution is 2.44. The van der Waals surface area contributed by atoms with Crippen LogP contribution in [-0.4, -0.2) is 24.8 Å². The van der Waals surface area contributed by atoms with Crippen LogP contribution in [0.4, 0.5) is 0 Å². The lowest BCUT2D eigenvalue weighted by molar-refractivity contribution is -0.146. The summed E-state index contributed by atoms with van der Waals surface area (Å²) in [7, 11) is 1.47. The van der Waals surface area contributed by atoms with E-state index in [2.05, 4.69) is 13.8 Å². The fourth-order valence-corrected chi connectivity index (χ4v) is 3.35. The number of aryl methyl sites for hydroxylation is 1. The Hall–Kier alpha value is -1.29. The van der Waals surface area contributed by atoms with Gasteiger partial charge in [-0.15, -0.1) is 0 Å². The largest absolute Gasteiger partial charge is 0.469 e. The Labute approximate surface area is 119 Å². The fraction of sp³-hybridized carbons (Fsp3) is 0.688. The number of hydrogen-bond acceptors (Lipinski definition) is 4. The summed E-state index contributed by atoms with van der Waals surface area (Å²) in [6.07, 6.45) is 6.36. The summed E-state index contributed by atoms with van der Waals surface area (Å²) in [5, 5.41) is 0. The minimum absolute atomic E-state index is 0.0336. The number of furan rings is 1. The molecule has 2 heterocycles. The summed E-state index contributed by atoms with van der Waals surface area (Å²) >= 11 is 0. The highest BCUT2D eigenvalue weighted by molar-refractivity contribution is 5.72. The lowest BCUT2D eigenvalue weighted by atomic mass is 9.87. The van der Waals surface area contributed by atoms with E-state index in [-0.39, 0.29) is 23.6 Å². The van der Waals surface area contributed by atoms with Crippen molar-refractivity contribution >= 4 is 5.97 Å². The number of carbonyl (C=O) groups excluding carboxylic acids is 1. The molecular weight excluding hydrogens is 256 g/mol. The lowest BCUT2D eigenvalue weighted by Crippen LogP contribution is -2.21. The molecule has 20 heavy (non-hydrogen) atoms. The lowest BCUT2D eigenvalue weighted by Gasteiger charge is -2.16. The molecule has 0 radical (unpaired) electrons. The number of epoxide rings is 1. The van der Waals surface area contributed by atoms with Gasteiger partial charge >= 0.3 is 5.97 Å². The molecule has 0 aromatic carbocycles. The van der Waals surface area contributed by atoms with E-state index in [0.717, 1.165) is 37.9 Å².